The molecule has 0 aliphatic carbocycles. The molecular weight excluding hydrogens is 222 g/mol. The van der Waals surface area contributed by atoms with Crippen molar-refractivity contribution in [3.63, 3.8) is 0 Å². The van der Waals surface area contributed by atoms with E-state index in [1.165, 1.54) is 44.5 Å². The molecule has 1 fully saturated rings. The highest BCUT2D eigenvalue weighted by Gasteiger charge is 2.10. The quantitative estimate of drug-likeness (QED) is 0.804. The first-order valence-electron chi connectivity index (χ1n) is 6.78. The molecule has 1 aromatic carbocycles. The fourth-order valence-corrected chi connectivity index (χ4v) is 2.58. The Kier molecular flexibility index (Phi) is 3.31. The van der Waals surface area contributed by atoms with Crippen molar-refractivity contribution in [1.82, 2.24) is 9.78 Å². The normalized spacial score (nSPS) is 16.6. The van der Waals surface area contributed by atoms with Gasteiger partial charge in [0.05, 0.1) is 5.69 Å². The lowest BCUT2D eigenvalue weighted by atomic mass is 10.2. The Morgan fingerprint density at radius 1 is 0.889 bits per heavy atom. The van der Waals surface area contributed by atoms with Crippen LogP contribution in [0.5, 0.6) is 0 Å². The van der Waals surface area contributed by atoms with Crippen LogP contribution < -0.4 is 4.90 Å². The van der Waals surface area contributed by atoms with Crippen LogP contribution in [0.25, 0.3) is 5.69 Å². The molecule has 1 aromatic heterocycles. The van der Waals surface area contributed by atoms with E-state index < -0.39 is 0 Å². The van der Waals surface area contributed by atoms with Crippen molar-refractivity contribution in [2.75, 3.05) is 18.0 Å². The van der Waals surface area contributed by atoms with Gasteiger partial charge in [0.2, 0.25) is 0 Å². The van der Waals surface area contributed by atoms with Gasteiger partial charge in [0, 0.05) is 31.2 Å². The van der Waals surface area contributed by atoms with Gasteiger partial charge in [0.25, 0.3) is 0 Å². The largest absolute Gasteiger partial charge is 0.371 e. The maximum Gasteiger partial charge on any atom is 0.0666 e. The van der Waals surface area contributed by atoms with Crippen molar-refractivity contribution < 1.29 is 0 Å². The molecule has 0 N–H and O–H groups in total. The van der Waals surface area contributed by atoms with Crippen LogP contribution in [-0.2, 0) is 0 Å². The van der Waals surface area contributed by atoms with E-state index in [1.807, 2.05) is 23.1 Å². The molecule has 1 saturated heterocycles. The van der Waals surface area contributed by atoms with E-state index in [9.17, 15) is 0 Å². The van der Waals surface area contributed by atoms with E-state index in [0.717, 1.165) is 5.69 Å². The Hall–Kier alpha value is -1.77. The van der Waals surface area contributed by atoms with E-state index in [0.29, 0.717) is 0 Å². The van der Waals surface area contributed by atoms with Crippen LogP contribution >= 0.6 is 0 Å². The lowest BCUT2D eigenvalue weighted by Gasteiger charge is -2.23. The molecular formula is C15H19N3. The third-order valence-corrected chi connectivity index (χ3v) is 3.57. The highest BCUT2D eigenvalue weighted by molar-refractivity contribution is 5.53. The Balaban J connectivity index is 1.86. The van der Waals surface area contributed by atoms with Gasteiger partial charge in [-0.05, 0) is 37.1 Å². The van der Waals surface area contributed by atoms with Crippen molar-refractivity contribution in [1.29, 1.82) is 0 Å². The van der Waals surface area contributed by atoms with Crippen molar-refractivity contribution in [3.05, 3.63) is 42.7 Å². The van der Waals surface area contributed by atoms with Gasteiger partial charge in [-0.25, -0.2) is 4.68 Å². The highest BCUT2D eigenvalue weighted by atomic mass is 15.3. The lowest BCUT2D eigenvalue weighted by molar-refractivity contribution is 0.726. The summed E-state index contributed by atoms with van der Waals surface area (Å²) in [5, 5.41) is 4.29. The third-order valence-electron chi connectivity index (χ3n) is 3.57. The highest BCUT2D eigenvalue weighted by Crippen LogP contribution is 2.21. The summed E-state index contributed by atoms with van der Waals surface area (Å²) >= 11 is 0. The summed E-state index contributed by atoms with van der Waals surface area (Å²) in [5.41, 5.74) is 2.46. The molecule has 2 aromatic rings. The smallest absolute Gasteiger partial charge is 0.0666 e. The van der Waals surface area contributed by atoms with Crippen LogP contribution in [-0.4, -0.2) is 22.9 Å². The van der Waals surface area contributed by atoms with Crippen LogP contribution in [0, 0.1) is 0 Å². The summed E-state index contributed by atoms with van der Waals surface area (Å²) in [4.78, 5) is 2.50. The summed E-state index contributed by atoms with van der Waals surface area (Å²) in [6.45, 7) is 2.37. The fourth-order valence-electron chi connectivity index (χ4n) is 2.58. The maximum atomic E-state index is 4.29. The van der Waals surface area contributed by atoms with Gasteiger partial charge >= 0.3 is 0 Å². The minimum atomic E-state index is 1.14. The number of rotatable bonds is 2. The van der Waals surface area contributed by atoms with E-state index in [2.05, 4.69) is 34.3 Å². The molecule has 1 aliphatic rings. The third kappa shape index (κ3) is 2.40. The topological polar surface area (TPSA) is 21.1 Å². The summed E-state index contributed by atoms with van der Waals surface area (Å²) < 4.78 is 1.92. The van der Waals surface area contributed by atoms with Crippen LogP contribution in [0.1, 0.15) is 25.7 Å². The second-order valence-corrected chi connectivity index (χ2v) is 4.87. The SMILES string of the molecule is c1cc(N2CCCCCC2)cc(-n2cccn2)c1. The number of nitrogens with zero attached hydrogens (tertiary/aromatic N) is 3. The summed E-state index contributed by atoms with van der Waals surface area (Å²) in [6.07, 6.45) is 9.17. The average molecular weight is 241 g/mol. The predicted octanol–water partition coefficient (Wildman–Crippen LogP) is 3.25. The molecule has 1 aliphatic heterocycles. The molecule has 0 saturated carbocycles. The monoisotopic (exact) mass is 241 g/mol. The Morgan fingerprint density at radius 2 is 1.67 bits per heavy atom. The zero-order valence-corrected chi connectivity index (χ0v) is 10.6. The van der Waals surface area contributed by atoms with Crippen molar-refractivity contribution in [2.24, 2.45) is 0 Å². The first-order valence-corrected chi connectivity index (χ1v) is 6.78. The minimum Gasteiger partial charge on any atom is -0.371 e. The van der Waals surface area contributed by atoms with Crippen LogP contribution in [0.2, 0.25) is 0 Å². The number of benzene rings is 1. The van der Waals surface area contributed by atoms with Gasteiger partial charge in [-0.2, -0.15) is 5.10 Å². The van der Waals surface area contributed by atoms with Crippen molar-refractivity contribution in [3.8, 4) is 5.69 Å². The van der Waals surface area contributed by atoms with Crippen LogP contribution in [0.3, 0.4) is 0 Å². The second-order valence-electron chi connectivity index (χ2n) is 4.87. The number of aromatic nitrogens is 2. The number of anilines is 1. The van der Waals surface area contributed by atoms with Crippen molar-refractivity contribution >= 4 is 5.69 Å². The molecule has 3 heteroatoms. The Morgan fingerprint density at radius 3 is 2.39 bits per heavy atom. The fraction of sp³-hybridized carbons (Fsp3) is 0.400. The zero-order chi connectivity index (χ0) is 12.2. The summed E-state index contributed by atoms with van der Waals surface area (Å²) in [7, 11) is 0. The molecule has 2 heterocycles. The van der Waals surface area contributed by atoms with Gasteiger partial charge in [-0.1, -0.05) is 18.9 Å². The second kappa shape index (κ2) is 5.25. The minimum absolute atomic E-state index is 1.14. The molecule has 0 radical (unpaired) electrons. The molecule has 3 rings (SSSR count). The molecule has 0 unspecified atom stereocenters. The van der Waals surface area contributed by atoms with Crippen LogP contribution in [0.15, 0.2) is 42.7 Å². The van der Waals surface area contributed by atoms with E-state index in [-0.39, 0.29) is 0 Å². The van der Waals surface area contributed by atoms with E-state index in [1.54, 1.807) is 0 Å². The zero-order valence-electron chi connectivity index (χ0n) is 10.6. The van der Waals surface area contributed by atoms with Crippen molar-refractivity contribution in [2.45, 2.75) is 25.7 Å². The molecule has 18 heavy (non-hydrogen) atoms. The van der Waals surface area contributed by atoms with Gasteiger partial charge in [-0.15, -0.1) is 0 Å². The average Bonchev–Trinajstić information content (AvgIpc) is 2.82. The number of hydrogen-bond donors (Lipinski definition) is 0. The van der Waals surface area contributed by atoms with Gasteiger partial charge in [-0.3, -0.25) is 0 Å². The van der Waals surface area contributed by atoms with Gasteiger partial charge in [0.15, 0.2) is 0 Å². The molecule has 0 atom stereocenters. The van der Waals surface area contributed by atoms with Gasteiger partial charge < -0.3 is 4.90 Å². The molecule has 0 spiro atoms. The van der Waals surface area contributed by atoms with Gasteiger partial charge in [0.1, 0.15) is 0 Å². The molecule has 0 bridgehead atoms. The first kappa shape index (κ1) is 11.3. The Bertz CT molecular complexity index is 482. The maximum absolute atomic E-state index is 4.29. The Labute approximate surface area is 108 Å². The standard InChI is InChI=1S/C15H19N3/c1-2-4-11-17(10-3-1)14-7-5-8-15(13-14)18-12-6-9-16-18/h5-9,12-13H,1-4,10-11H2. The summed E-state index contributed by atoms with van der Waals surface area (Å²) in [5.74, 6) is 0. The molecule has 94 valence electrons. The van der Waals surface area contributed by atoms with E-state index in [4.69, 9.17) is 0 Å². The molecule has 0 amide bonds. The summed E-state index contributed by atoms with van der Waals surface area (Å²) in [6, 6.07) is 10.6. The first-order chi connectivity index (χ1) is 8.93. The number of hydrogen-bond acceptors (Lipinski definition) is 2. The van der Waals surface area contributed by atoms with E-state index >= 15 is 0 Å². The molecule has 3 nitrogen and oxygen atoms in total. The predicted molar refractivity (Wildman–Crippen MR) is 74.2 cm³/mol. The van der Waals surface area contributed by atoms with Crippen LogP contribution in [0.4, 0.5) is 5.69 Å². The lowest BCUT2D eigenvalue weighted by Crippen LogP contribution is -2.23.